The van der Waals surface area contributed by atoms with Gasteiger partial charge in [0.25, 0.3) is 0 Å². The van der Waals surface area contributed by atoms with Crippen LogP contribution in [0.4, 0.5) is 5.69 Å². The fourth-order valence-corrected chi connectivity index (χ4v) is 2.98. The molecule has 2 aromatic carbocycles. The third-order valence-electron chi connectivity index (χ3n) is 4.77. The van der Waals surface area contributed by atoms with Gasteiger partial charge in [-0.1, -0.05) is 18.2 Å². The van der Waals surface area contributed by atoms with Gasteiger partial charge >= 0.3 is 11.1 Å². The summed E-state index contributed by atoms with van der Waals surface area (Å²) in [4.78, 5) is 36.6. The van der Waals surface area contributed by atoms with Crippen LogP contribution in [0.5, 0.6) is 11.5 Å². The van der Waals surface area contributed by atoms with E-state index in [4.69, 9.17) is 4.74 Å². The number of hydrogen-bond acceptors (Lipinski definition) is 4. The van der Waals surface area contributed by atoms with Gasteiger partial charge in [-0.15, -0.1) is 0 Å². The Bertz CT molecular complexity index is 1160. The van der Waals surface area contributed by atoms with Crippen molar-refractivity contribution in [2.45, 2.75) is 12.8 Å². The lowest BCUT2D eigenvalue weighted by Crippen LogP contribution is -2.39. The average Bonchev–Trinajstić information content (AvgIpc) is 3.52. The Morgan fingerprint density at radius 3 is 2.19 bits per heavy atom. The molecule has 1 aliphatic carbocycles. The number of amides is 1. The standard InChI is InChI=1S/C20H19N3O4/c1-22-15-10-14(21-18(24)12-8-9-12)17(27-13-6-4-3-5-7-13)11-16(15)23(2)20(26)19(22)25/h3-7,10-12H,8-9H2,1-2H3,(H,21,24). The number of rotatable bonds is 4. The second-order valence-corrected chi connectivity index (χ2v) is 6.74. The molecule has 1 aromatic heterocycles. The topological polar surface area (TPSA) is 82.3 Å². The highest BCUT2D eigenvalue weighted by atomic mass is 16.5. The Morgan fingerprint density at radius 1 is 1.00 bits per heavy atom. The van der Waals surface area contributed by atoms with Crippen molar-refractivity contribution < 1.29 is 9.53 Å². The molecule has 1 amide bonds. The highest BCUT2D eigenvalue weighted by Gasteiger charge is 2.30. The molecule has 138 valence electrons. The molecule has 0 radical (unpaired) electrons. The summed E-state index contributed by atoms with van der Waals surface area (Å²) in [6.07, 6.45) is 1.75. The van der Waals surface area contributed by atoms with Crippen molar-refractivity contribution in [3.05, 3.63) is 63.2 Å². The number of carbonyl (C=O) groups is 1. The summed E-state index contributed by atoms with van der Waals surface area (Å²) in [7, 11) is 3.08. The Hall–Kier alpha value is -3.35. The smallest absolute Gasteiger partial charge is 0.316 e. The molecule has 3 aromatic rings. The molecule has 0 aliphatic heterocycles. The molecule has 1 aliphatic rings. The number of carbonyl (C=O) groups excluding carboxylic acids is 1. The van der Waals surface area contributed by atoms with E-state index in [2.05, 4.69) is 5.32 Å². The largest absolute Gasteiger partial charge is 0.455 e. The predicted molar refractivity (Wildman–Crippen MR) is 102 cm³/mol. The first-order valence-corrected chi connectivity index (χ1v) is 8.73. The van der Waals surface area contributed by atoms with Crippen molar-refractivity contribution in [2.75, 3.05) is 5.32 Å². The first kappa shape index (κ1) is 17.1. The van der Waals surface area contributed by atoms with Crippen molar-refractivity contribution in [2.24, 2.45) is 20.0 Å². The van der Waals surface area contributed by atoms with Crippen LogP contribution in [-0.4, -0.2) is 15.0 Å². The number of anilines is 1. The Morgan fingerprint density at radius 2 is 1.59 bits per heavy atom. The molecule has 7 nitrogen and oxygen atoms in total. The van der Waals surface area contributed by atoms with Crippen molar-refractivity contribution in [3.8, 4) is 11.5 Å². The number of nitrogens with zero attached hydrogens (tertiary/aromatic N) is 2. The second kappa shape index (κ2) is 6.42. The van der Waals surface area contributed by atoms with Crippen molar-refractivity contribution in [1.82, 2.24) is 9.13 Å². The van der Waals surface area contributed by atoms with Gasteiger partial charge in [-0.2, -0.15) is 0 Å². The van der Waals surface area contributed by atoms with Gasteiger partial charge in [0.05, 0.1) is 16.7 Å². The molecule has 7 heteroatoms. The number of nitrogens with one attached hydrogen (secondary N) is 1. The molecular weight excluding hydrogens is 346 g/mol. The predicted octanol–water partition coefficient (Wildman–Crippen LogP) is 2.38. The molecule has 0 unspecified atom stereocenters. The minimum atomic E-state index is -0.624. The molecule has 1 fully saturated rings. The van der Waals surface area contributed by atoms with Crippen molar-refractivity contribution in [1.29, 1.82) is 0 Å². The quantitative estimate of drug-likeness (QED) is 0.720. The van der Waals surface area contributed by atoms with E-state index in [1.165, 1.54) is 16.2 Å². The first-order valence-electron chi connectivity index (χ1n) is 8.73. The van der Waals surface area contributed by atoms with Crippen LogP contribution < -0.4 is 21.2 Å². The maximum Gasteiger partial charge on any atom is 0.316 e. The molecule has 4 rings (SSSR count). The van der Waals surface area contributed by atoms with E-state index in [0.717, 1.165) is 12.8 Å². The third kappa shape index (κ3) is 3.12. The Kier molecular flexibility index (Phi) is 4.07. The summed E-state index contributed by atoms with van der Waals surface area (Å²) >= 11 is 0. The lowest BCUT2D eigenvalue weighted by molar-refractivity contribution is -0.117. The number of benzene rings is 2. The molecule has 1 saturated carbocycles. The van der Waals surface area contributed by atoms with Gasteiger partial charge in [-0.25, -0.2) is 0 Å². The number of fused-ring (bicyclic) bond motifs is 1. The Labute approximate surface area is 154 Å². The summed E-state index contributed by atoms with van der Waals surface area (Å²) in [5.41, 5.74) is 0.301. The van der Waals surface area contributed by atoms with Crippen molar-refractivity contribution in [3.63, 3.8) is 0 Å². The molecular formula is C20H19N3O4. The van der Waals surface area contributed by atoms with Crippen LogP contribution in [0.3, 0.4) is 0 Å². The summed E-state index contributed by atoms with van der Waals surface area (Å²) < 4.78 is 8.55. The first-order chi connectivity index (χ1) is 13.0. The van der Waals surface area contributed by atoms with Crippen LogP contribution in [-0.2, 0) is 18.9 Å². The van der Waals surface area contributed by atoms with E-state index in [-0.39, 0.29) is 11.8 Å². The van der Waals surface area contributed by atoms with Crippen LogP contribution >= 0.6 is 0 Å². The van der Waals surface area contributed by atoms with Gasteiger partial charge in [0.15, 0.2) is 5.75 Å². The number of hydrogen-bond donors (Lipinski definition) is 1. The lowest BCUT2D eigenvalue weighted by atomic mass is 10.2. The molecule has 0 bridgehead atoms. The van der Waals surface area contributed by atoms with E-state index in [1.54, 1.807) is 31.3 Å². The monoisotopic (exact) mass is 365 g/mol. The van der Waals surface area contributed by atoms with Gasteiger partial charge in [-0.05, 0) is 31.0 Å². The van der Waals surface area contributed by atoms with Gasteiger partial charge in [0.2, 0.25) is 5.91 Å². The van der Waals surface area contributed by atoms with E-state index < -0.39 is 11.1 Å². The van der Waals surface area contributed by atoms with Crippen LogP contribution in [0.2, 0.25) is 0 Å². The molecule has 0 atom stereocenters. The van der Waals surface area contributed by atoms with Crippen LogP contribution in [0.15, 0.2) is 52.1 Å². The molecule has 0 saturated heterocycles. The summed E-state index contributed by atoms with van der Waals surface area (Å²) in [6.45, 7) is 0. The van der Waals surface area contributed by atoms with Gasteiger partial charge in [-0.3, -0.25) is 14.4 Å². The Balaban J connectivity index is 1.90. The maximum absolute atomic E-state index is 12.3. The van der Waals surface area contributed by atoms with Gasteiger partial charge in [0.1, 0.15) is 5.75 Å². The number of ether oxygens (including phenoxy) is 1. The van der Waals surface area contributed by atoms with E-state index in [9.17, 15) is 14.4 Å². The number of aryl methyl sites for hydroxylation is 2. The minimum absolute atomic E-state index is 0.0224. The van der Waals surface area contributed by atoms with Crippen molar-refractivity contribution >= 4 is 22.6 Å². The summed E-state index contributed by atoms with van der Waals surface area (Å²) in [6, 6.07) is 12.5. The fourth-order valence-electron chi connectivity index (χ4n) is 2.98. The zero-order valence-electron chi connectivity index (χ0n) is 15.1. The van der Waals surface area contributed by atoms with E-state index in [0.29, 0.717) is 28.2 Å². The molecule has 0 spiro atoms. The molecule has 1 heterocycles. The number of para-hydroxylation sites is 1. The van der Waals surface area contributed by atoms with Gasteiger partial charge < -0.3 is 19.2 Å². The normalized spacial score (nSPS) is 13.6. The highest BCUT2D eigenvalue weighted by Crippen LogP contribution is 2.36. The SMILES string of the molecule is Cn1c(=O)c(=O)n(C)c2cc(Oc3ccccc3)c(NC(=O)C3CC3)cc21. The maximum atomic E-state index is 12.3. The van der Waals surface area contributed by atoms with Crippen LogP contribution in [0.25, 0.3) is 11.0 Å². The fraction of sp³-hybridized carbons (Fsp3) is 0.250. The lowest BCUT2D eigenvalue weighted by Gasteiger charge is -2.16. The zero-order valence-corrected chi connectivity index (χ0v) is 15.1. The third-order valence-corrected chi connectivity index (χ3v) is 4.77. The van der Waals surface area contributed by atoms with E-state index in [1.807, 2.05) is 18.2 Å². The minimum Gasteiger partial charge on any atom is -0.455 e. The second-order valence-electron chi connectivity index (χ2n) is 6.74. The van der Waals surface area contributed by atoms with E-state index >= 15 is 0 Å². The average molecular weight is 365 g/mol. The summed E-state index contributed by atoms with van der Waals surface area (Å²) in [5, 5.41) is 2.90. The summed E-state index contributed by atoms with van der Waals surface area (Å²) in [5.74, 6) is 0.973. The highest BCUT2D eigenvalue weighted by molar-refractivity contribution is 5.97. The molecule has 27 heavy (non-hydrogen) atoms. The van der Waals surface area contributed by atoms with Gasteiger partial charge in [0, 0.05) is 26.1 Å². The van der Waals surface area contributed by atoms with Crippen LogP contribution in [0.1, 0.15) is 12.8 Å². The zero-order chi connectivity index (χ0) is 19.1. The van der Waals surface area contributed by atoms with Crippen LogP contribution in [0, 0.1) is 5.92 Å². The molecule has 1 N–H and O–H groups in total. The number of aromatic nitrogens is 2.